The fraction of sp³-hybridized carbons (Fsp3) is 0.250. The van der Waals surface area contributed by atoms with Crippen LogP contribution >= 0.6 is 0 Å². The summed E-state index contributed by atoms with van der Waals surface area (Å²) in [4.78, 5) is 0. The number of hydrogen-bond donors (Lipinski definition) is 0. The molecule has 1 fully saturated rings. The second kappa shape index (κ2) is 15.7. The third kappa shape index (κ3) is 10.3. The smallest absolute Gasteiger partial charge is 0.321 e. The van der Waals surface area contributed by atoms with Crippen molar-refractivity contribution in [3.05, 3.63) is 179 Å². The normalized spacial score (nSPS) is 28.9. The van der Waals surface area contributed by atoms with E-state index in [9.17, 15) is 0 Å². The van der Waals surface area contributed by atoms with E-state index in [1.165, 1.54) is 27.8 Å². The second-order valence-electron chi connectivity index (χ2n) is 14.5. The first-order valence-corrected chi connectivity index (χ1v) is 30.2. The van der Waals surface area contributed by atoms with Crippen LogP contribution < -0.4 is 0 Å². The molecule has 0 aliphatic carbocycles. The standard InChI is InChI=1S/C40H50O5Si5/c1-46(31-36-21-11-6-12-22-36)41-47(2,32-37-23-13-7-14-24-37)43-49(4,34-39-27-17-9-18-28-39)45-50(5,35-40-29-19-10-20-30-40)44-48(3,42-46)33-38-25-15-8-16-26-38/h6-30H,31-35H2,1-5H3. The molecule has 0 aromatic heterocycles. The minimum atomic E-state index is -3.04. The van der Waals surface area contributed by atoms with Crippen molar-refractivity contribution in [2.24, 2.45) is 0 Å². The second-order valence-corrected chi connectivity index (χ2v) is 31.7. The van der Waals surface area contributed by atoms with E-state index in [0.29, 0.717) is 30.2 Å². The maximum absolute atomic E-state index is 7.62. The van der Waals surface area contributed by atoms with Crippen molar-refractivity contribution in [1.82, 2.24) is 0 Å². The lowest BCUT2D eigenvalue weighted by Gasteiger charge is -2.50. The van der Waals surface area contributed by atoms with Gasteiger partial charge < -0.3 is 20.6 Å². The van der Waals surface area contributed by atoms with Crippen LogP contribution in [0.3, 0.4) is 0 Å². The van der Waals surface area contributed by atoms with Gasteiger partial charge in [0.05, 0.1) is 0 Å². The number of benzene rings is 5. The Bertz CT molecular complexity index is 1460. The topological polar surface area (TPSA) is 46.2 Å². The van der Waals surface area contributed by atoms with Crippen LogP contribution in [-0.4, -0.2) is 42.8 Å². The zero-order valence-electron chi connectivity index (χ0n) is 30.0. The molecule has 1 aliphatic heterocycles. The molecule has 0 radical (unpaired) electrons. The molecule has 5 aromatic rings. The van der Waals surface area contributed by atoms with Crippen LogP contribution in [0.2, 0.25) is 32.7 Å². The molecule has 1 heterocycles. The Morgan fingerprint density at radius 3 is 0.540 bits per heavy atom. The van der Waals surface area contributed by atoms with Gasteiger partial charge in [-0.2, -0.15) is 0 Å². The highest BCUT2D eigenvalue weighted by Gasteiger charge is 2.57. The zero-order chi connectivity index (χ0) is 35.1. The van der Waals surface area contributed by atoms with Gasteiger partial charge in [0.2, 0.25) is 0 Å². The Kier molecular flexibility index (Phi) is 11.5. The molecule has 0 N–H and O–H groups in total. The number of hydrogen-bond acceptors (Lipinski definition) is 5. The van der Waals surface area contributed by atoms with E-state index < -0.39 is 42.8 Å². The molecule has 0 amide bonds. The zero-order valence-corrected chi connectivity index (χ0v) is 35.0. The van der Waals surface area contributed by atoms with Gasteiger partial charge in [-0.15, -0.1) is 0 Å². The van der Waals surface area contributed by atoms with Gasteiger partial charge in [-0.25, -0.2) is 0 Å². The van der Waals surface area contributed by atoms with Crippen LogP contribution in [0.1, 0.15) is 27.8 Å². The first-order valence-electron chi connectivity index (χ1n) is 17.6. The molecule has 0 atom stereocenters. The Balaban J connectivity index is 1.52. The summed E-state index contributed by atoms with van der Waals surface area (Å²) in [6, 6.07) is 56.7. The van der Waals surface area contributed by atoms with Gasteiger partial charge in [0.25, 0.3) is 0 Å². The highest BCUT2D eigenvalue weighted by Crippen LogP contribution is 2.37. The average molecular weight is 751 g/mol. The third-order valence-electron chi connectivity index (χ3n) is 9.00. The molecule has 1 aliphatic rings. The Morgan fingerprint density at radius 2 is 0.400 bits per heavy atom. The molecule has 0 unspecified atom stereocenters. The van der Waals surface area contributed by atoms with Crippen molar-refractivity contribution >= 4 is 42.8 Å². The monoisotopic (exact) mass is 750 g/mol. The minimum Gasteiger partial charge on any atom is -0.415 e. The molecule has 0 spiro atoms. The van der Waals surface area contributed by atoms with E-state index in [4.69, 9.17) is 20.6 Å². The summed E-state index contributed by atoms with van der Waals surface area (Å²) in [5.74, 6) is 0. The molecule has 50 heavy (non-hydrogen) atoms. The average Bonchev–Trinajstić information content (AvgIpc) is 3.05. The third-order valence-corrected chi connectivity index (χ3v) is 31.5. The summed E-state index contributed by atoms with van der Waals surface area (Å²) in [6.45, 7) is 11.2. The number of rotatable bonds is 10. The van der Waals surface area contributed by atoms with Gasteiger partial charge in [0.1, 0.15) is 0 Å². The van der Waals surface area contributed by atoms with Gasteiger partial charge in [-0.05, 0) is 60.6 Å². The van der Waals surface area contributed by atoms with Gasteiger partial charge in [-0.3, -0.25) is 0 Å². The molecule has 260 valence electrons. The lowest BCUT2D eigenvalue weighted by atomic mass is 10.2. The molecule has 6 rings (SSSR count). The molecule has 0 saturated carbocycles. The Hall–Kier alpha value is -3.02. The summed E-state index contributed by atoms with van der Waals surface area (Å²) < 4.78 is 38.1. The van der Waals surface area contributed by atoms with Crippen LogP contribution in [0.15, 0.2) is 152 Å². The van der Waals surface area contributed by atoms with Crippen molar-refractivity contribution < 1.29 is 20.6 Å². The van der Waals surface area contributed by atoms with Crippen molar-refractivity contribution in [2.45, 2.75) is 63.0 Å². The van der Waals surface area contributed by atoms with Gasteiger partial charge in [0, 0.05) is 30.2 Å². The summed E-state index contributed by atoms with van der Waals surface area (Å²) in [5.41, 5.74) is 6.02. The van der Waals surface area contributed by atoms with Crippen molar-refractivity contribution in [3.8, 4) is 0 Å². The largest absolute Gasteiger partial charge is 0.415 e. The van der Waals surface area contributed by atoms with Crippen molar-refractivity contribution in [3.63, 3.8) is 0 Å². The molecule has 5 nitrogen and oxygen atoms in total. The Labute approximate surface area is 304 Å². The van der Waals surface area contributed by atoms with Crippen molar-refractivity contribution in [2.75, 3.05) is 0 Å². The van der Waals surface area contributed by atoms with E-state index in [0.717, 1.165) is 0 Å². The van der Waals surface area contributed by atoms with Gasteiger partial charge in [-0.1, -0.05) is 152 Å². The van der Waals surface area contributed by atoms with Gasteiger partial charge in [0.15, 0.2) is 0 Å². The summed E-state index contributed by atoms with van der Waals surface area (Å²) in [6.07, 6.45) is 0. The maximum Gasteiger partial charge on any atom is 0.321 e. The fourth-order valence-electron chi connectivity index (χ4n) is 7.58. The van der Waals surface area contributed by atoms with E-state index in [-0.39, 0.29) is 0 Å². The van der Waals surface area contributed by atoms with Crippen LogP contribution in [-0.2, 0) is 50.8 Å². The van der Waals surface area contributed by atoms with Crippen LogP contribution in [0.5, 0.6) is 0 Å². The molecular formula is C40H50O5Si5. The lowest BCUT2D eigenvalue weighted by Crippen LogP contribution is -2.70. The highest BCUT2D eigenvalue weighted by molar-refractivity contribution is 6.93. The molecule has 5 aromatic carbocycles. The van der Waals surface area contributed by atoms with Crippen molar-refractivity contribution in [1.29, 1.82) is 0 Å². The first-order chi connectivity index (χ1) is 23.9. The van der Waals surface area contributed by atoms with E-state index in [1.54, 1.807) is 0 Å². The molecule has 1 saturated heterocycles. The fourth-order valence-corrected chi connectivity index (χ4v) is 36.3. The summed E-state index contributed by atoms with van der Waals surface area (Å²) >= 11 is 0. The maximum atomic E-state index is 7.62. The van der Waals surface area contributed by atoms with E-state index >= 15 is 0 Å². The minimum absolute atomic E-state index is 0.698. The molecule has 10 heteroatoms. The quantitative estimate of drug-likeness (QED) is 0.133. The molecular weight excluding hydrogens is 701 g/mol. The summed E-state index contributed by atoms with van der Waals surface area (Å²) in [7, 11) is -15.2. The lowest BCUT2D eigenvalue weighted by molar-refractivity contribution is 0.221. The summed E-state index contributed by atoms with van der Waals surface area (Å²) in [5, 5.41) is 0. The predicted molar refractivity (Wildman–Crippen MR) is 214 cm³/mol. The first kappa shape index (κ1) is 36.8. The van der Waals surface area contributed by atoms with Gasteiger partial charge >= 0.3 is 42.8 Å². The van der Waals surface area contributed by atoms with Crippen LogP contribution in [0.25, 0.3) is 0 Å². The molecule has 0 bridgehead atoms. The van der Waals surface area contributed by atoms with Crippen LogP contribution in [0.4, 0.5) is 0 Å². The SMILES string of the molecule is C[Si]1(Cc2ccccc2)O[Si](C)(Cc2ccccc2)O[Si](C)(Cc2ccccc2)O[Si](C)(Cc2ccccc2)O[Si](C)(Cc2ccccc2)O1. The van der Waals surface area contributed by atoms with Crippen LogP contribution in [0, 0.1) is 0 Å². The van der Waals surface area contributed by atoms with E-state index in [1.807, 2.05) is 0 Å². The van der Waals surface area contributed by atoms with E-state index in [2.05, 4.69) is 184 Å². The Morgan fingerprint density at radius 1 is 0.260 bits per heavy atom. The highest BCUT2D eigenvalue weighted by atomic mass is 28.5. The predicted octanol–water partition coefficient (Wildman–Crippen LogP) is 9.35.